The number of rotatable bonds is 7. The first kappa shape index (κ1) is 18.1. The Labute approximate surface area is 154 Å². The Bertz CT molecular complexity index is 776. The van der Waals surface area contributed by atoms with Gasteiger partial charge < -0.3 is 10.1 Å². The second-order valence-corrected chi connectivity index (χ2v) is 6.55. The predicted molar refractivity (Wildman–Crippen MR) is 100.0 cm³/mol. The average molecular weight is 351 g/mol. The van der Waals surface area contributed by atoms with Crippen molar-refractivity contribution in [1.29, 1.82) is 5.26 Å². The third-order valence-electron chi connectivity index (χ3n) is 4.81. The van der Waals surface area contributed by atoms with Crippen LogP contribution in [0.3, 0.4) is 0 Å². The zero-order valence-corrected chi connectivity index (χ0v) is 15.5. The average Bonchev–Trinajstić information content (AvgIpc) is 3.19. The van der Waals surface area contributed by atoms with Gasteiger partial charge in [0.2, 0.25) is 5.88 Å². The summed E-state index contributed by atoms with van der Waals surface area (Å²) in [5, 5.41) is 21.2. The molecule has 0 unspecified atom stereocenters. The fourth-order valence-corrected chi connectivity index (χ4v) is 3.36. The van der Waals surface area contributed by atoms with Crippen LogP contribution in [0.5, 0.6) is 5.88 Å². The highest BCUT2D eigenvalue weighted by atomic mass is 16.5. The van der Waals surface area contributed by atoms with Gasteiger partial charge in [-0.05, 0) is 49.7 Å². The van der Waals surface area contributed by atoms with E-state index in [9.17, 15) is 5.26 Å². The number of aromatic nitrogens is 3. The first-order valence-electron chi connectivity index (χ1n) is 9.39. The molecule has 3 rings (SSSR count). The van der Waals surface area contributed by atoms with E-state index in [0.29, 0.717) is 29.9 Å². The molecule has 26 heavy (non-hydrogen) atoms. The standard InChI is InChI=1S/C20H25N5O/c1-3-16-17(11-21)20(25-24-18(16)4-2)23-13-14-9-10-19(22-12-14)26-15-7-5-6-8-15/h9-10,12,15H,3-8,13H2,1-2H3,(H,23,25). The van der Waals surface area contributed by atoms with Crippen LogP contribution in [-0.2, 0) is 19.4 Å². The molecule has 2 aromatic rings. The quantitative estimate of drug-likeness (QED) is 0.817. The Morgan fingerprint density at radius 2 is 2.00 bits per heavy atom. The van der Waals surface area contributed by atoms with Crippen molar-refractivity contribution in [3.8, 4) is 11.9 Å². The summed E-state index contributed by atoms with van der Waals surface area (Å²) in [6.07, 6.45) is 8.38. The number of ether oxygens (including phenoxy) is 1. The van der Waals surface area contributed by atoms with Gasteiger partial charge in [-0.3, -0.25) is 0 Å². The molecule has 136 valence electrons. The summed E-state index contributed by atoms with van der Waals surface area (Å²) in [5.41, 5.74) is 3.47. The van der Waals surface area contributed by atoms with E-state index in [2.05, 4.69) is 26.6 Å². The largest absolute Gasteiger partial charge is 0.474 e. The number of nitrogens with one attached hydrogen (secondary N) is 1. The topological polar surface area (TPSA) is 83.7 Å². The van der Waals surface area contributed by atoms with Crippen molar-refractivity contribution in [2.75, 3.05) is 5.32 Å². The van der Waals surface area contributed by atoms with Crippen molar-refractivity contribution < 1.29 is 4.74 Å². The molecule has 6 heteroatoms. The summed E-state index contributed by atoms with van der Waals surface area (Å²) in [4.78, 5) is 4.39. The lowest BCUT2D eigenvalue weighted by Crippen LogP contribution is -2.12. The summed E-state index contributed by atoms with van der Waals surface area (Å²) in [6, 6.07) is 6.17. The van der Waals surface area contributed by atoms with Gasteiger partial charge in [0.25, 0.3) is 0 Å². The van der Waals surface area contributed by atoms with Gasteiger partial charge in [-0.1, -0.05) is 19.9 Å². The summed E-state index contributed by atoms with van der Waals surface area (Å²) in [7, 11) is 0. The van der Waals surface area contributed by atoms with Gasteiger partial charge in [0.05, 0.1) is 5.69 Å². The molecular weight excluding hydrogens is 326 g/mol. The number of nitrogens with zero attached hydrogens (tertiary/aromatic N) is 4. The Balaban J connectivity index is 1.66. The molecule has 2 heterocycles. The van der Waals surface area contributed by atoms with E-state index in [-0.39, 0.29) is 0 Å². The Kier molecular flexibility index (Phi) is 6.00. The summed E-state index contributed by atoms with van der Waals surface area (Å²) in [5.74, 6) is 1.21. The number of anilines is 1. The molecule has 1 aliphatic rings. The van der Waals surface area contributed by atoms with E-state index in [4.69, 9.17) is 4.74 Å². The highest BCUT2D eigenvalue weighted by Gasteiger charge is 2.17. The SMILES string of the molecule is CCc1nnc(NCc2ccc(OC3CCCC3)nc2)c(C#N)c1CC. The summed E-state index contributed by atoms with van der Waals surface area (Å²) < 4.78 is 5.89. The van der Waals surface area contributed by atoms with Crippen LogP contribution in [0.4, 0.5) is 5.82 Å². The van der Waals surface area contributed by atoms with E-state index >= 15 is 0 Å². The Hall–Kier alpha value is -2.68. The monoisotopic (exact) mass is 351 g/mol. The van der Waals surface area contributed by atoms with Gasteiger partial charge >= 0.3 is 0 Å². The van der Waals surface area contributed by atoms with E-state index in [1.54, 1.807) is 6.20 Å². The van der Waals surface area contributed by atoms with E-state index in [1.807, 2.05) is 26.0 Å². The summed E-state index contributed by atoms with van der Waals surface area (Å²) in [6.45, 7) is 4.60. The van der Waals surface area contributed by atoms with Crippen molar-refractivity contribution in [2.45, 2.75) is 65.0 Å². The molecule has 1 fully saturated rings. The van der Waals surface area contributed by atoms with Gasteiger partial charge in [0.15, 0.2) is 5.82 Å². The van der Waals surface area contributed by atoms with Crippen LogP contribution >= 0.6 is 0 Å². The maximum Gasteiger partial charge on any atom is 0.213 e. The van der Waals surface area contributed by atoms with Crippen LogP contribution in [0.25, 0.3) is 0 Å². The minimum atomic E-state index is 0.310. The second kappa shape index (κ2) is 8.61. The first-order chi connectivity index (χ1) is 12.7. The fraction of sp³-hybridized carbons (Fsp3) is 0.500. The predicted octanol–water partition coefficient (Wildman–Crippen LogP) is 3.80. The molecule has 0 aliphatic heterocycles. The molecule has 2 aromatic heterocycles. The molecule has 0 saturated heterocycles. The second-order valence-electron chi connectivity index (χ2n) is 6.55. The third-order valence-corrected chi connectivity index (χ3v) is 4.81. The lowest BCUT2D eigenvalue weighted by molar-refractivity contribution is 0.201. The first-order valence-corrected chi connectivity index (χ1v) is 9.39. The number of pyridine rings is 1. The molecular formula is C20H25N5O. The zero-order chi connectivity index (χ0) is 18.4. The fourth-order valence-electron chi connectivity index (χ4n) is 3.36. The van der Waals surface area contributed by atoms with E-state index in [1.165, 1.54) is 12.8 Å². The van der Waals surface area contributed by atoms with Crippen molar-refractivity contribution in [1.82, 2.24) is 15.2 Å². The normalized spacial score (nSPS) is 14.2. The van der Waals surface area contributed by atoms with Crippen LogP contribution in [0.1, 0.15) is 61.9 Å². The van der Waals surface area contributed by atoms with Crippen molar-refractivity contribution in [3.63, 3.8) is 0 Å². The number of hydrogen-bond donors (Lipinski definition) is 1. The molecule has 1 aliphatic carbocycles. The van der Waals surface area contributed by atoms with Gasteiger partial charge in [-0.2, -0.15) is 10.4 Å². The number of aryl methyl sites for hydroxylation is 1. The molecule has 0 radical (unpaired) electrons. The molecule has 1 saturated carbocycles. The van der Waals surface area contributed by atoms with Crippen LogP contribution < -0.4 is 10.1 Å². The van der Waals surface area contributed by atoms with E-state index < -0.39 is 0 Å². The van der Waals surface area contributed by atoms with Crippen molar-refractivity contribution >= 4 is 5.82 Å². The molecule has 0 aromatic carbocycles. The van der Waals surface area contributed by atoms with E-state index in [0.717, 1.165) is 42.5 Å². The maximum atomic E-state index is 9.53. The lowest BCUT2D eigenvalue weighted by atomic mass is 10.0. The molecule has 0 spiro atoms. The third kappa shape index (κ3) is 4.10. The Morgan fingerprint density at radius 1 is 1.19 bits per heavy atom. The molecule has 0 amide bonds. The molecule has 6 nitrogen and oxygen atoms in total. The highest BCUT2D eigenvalue weighted by molar-refractivity contribution is 5.56. The molecule has 0 bridgehead atoms. The number of hydrogen-bond acceptors (Lipinski definition) is 6. The Morgan fingerprint density at radius 3 is 2.62 bits per heavy atom. The summed E-state index contributed by atoms with van der Waals surface area (Å²) >= 11 is 0. The van der Waals surface area contributed by atoms with Gasteiger partial charge in [-0.15, -0.1) is 5.10 Å². The zero-order valence-electron chi connectivity index (χ0n) is 15.5. The maximum absolute atomic E-state index is 9.53. The highest BCUT2D eigenvalue weighted by Crippen LogP contribution is 2.23. The minimum Gasteiger partial charge on any atom is -0.474 e. The van der Waals surface area contributed by atoms with Gasteiger partial charge in [0, 0.05) is 18.8 Å². The smallest absolute Gasteiger partial charge is 0.213 e. The van der Waals surface area contributed by atoms with Gasteiger partial charge in [0.1, 0.15) is 17.7 Å². The number of nitriles is 1. The minimum absolute atomic E-state index is 0.310. The lowest BCUT2D eigenvalue weighted by Gasteiger charge is -2.13. The van der Waals surface area contributed by atoms with Crippen molar-refractivity contribution in [2.24, 2.45) is 0 Å². The molecule has 1 N–H and O–H groups in total. The van der Waals surface area contributed by atoms with Gasteiger partial charge in [-0.25, -0.2) is 4.98 Å². The van der Waals surface area contributed by atoms with Crippen LogP contribution in [-0.4, -0.2) is 21.3 Å². The van der Waals surface area contributed by atoms with Crippen LogP contribution in [0, 0.1) is 11.3 Å². The van der Waals surface area contributed by atoms with Crippen molar-refractivity contribution in [3.05, 3.63) is 40.7 Å². The molecule has 0 atom stereocenters. The van der Waals surface area contributed by atoms with Crippen LogP contribution in [0.2, 0.25) is 0 Å². The van der Waals surface area contributed by atoms with Crippen LogP contribution in [0.15, 0.2) is 18.3 Å².